The molecule has 2 aliphatic heterocycles. The smallest absolute Gasteiger partial charge is 0.241 e. The van der Waals surface area contributed by atoms with Crippen molar-refractivity contribution in [3.05, 3.63) is 65.0 Å². The number of carbonyl (C=O) groups is 1. The largest absolute Gasteiger partial charge is 0.339 e. The number of hydrogen-bond donors (Lipinski definition) is 0. The average Bonchev–Trinajstić information content (AvgIpc) is 3.31. The standard InChI is InChI=1S/C21H19ClN4O2/c22-17-6-3-5-15(10-17)20-23-21(28-24-20)16-11-25(12-16)13-19(27)26-9-8-14-4-1-2-7-18(14)26/h1-7,10,16H,8-9,11-13H2. The lowest BCUT2D eigenvalue weighted by Crippen LogP contribution is -2.50. The first-order valence-corrected chi connectivity index (χ1v) is 9.75. The highest BCUT2D eigenvalue weighted by Gasteiger charge is 2.35. The van der Waals surface area contributed by atoms with Crippen LogP contribution in [0.5, 0.6) is 0 Å². The summed E-state index contributed by atoms with van der Waals surface area (Å²) in [4.78, 5) is 21.2. The number of likely N-dealkylation sites (tertiary alicyclic amines) is 1. The Morgan fingerprint density at radius 1 is 1.18 bits per heavy atom. The fourth-order valence-corrected chi connectivity index (χ4v) is 4.07. The highest BCUT2D eigenvalue weighted by atomic mass is 35.5. The van der Waals surface area contributed by atoms with Gasteiger partial charge >= 0.3 is 0 Å². The summed E-state index contributed by atoms with van der Waals surface area (Å²) in [6, 6.07) is 15.5. The second-order valence-electron chi connectivity index (χ2n) is 7.28. The van der Waals surface area contributed by atoms with Crippen molar-refractivity contribution in [3.8, 4) is 11.4 Å². The van der Waals surface area contributed by atoms with Crippen LogP contribution >= 0.6 is 11.6 Å². The molecule has 0 saturated carbocycles. The Morgan fingerprint density at radius 3 is 2.89 bits per heavy atom. The van der Waals surface area contributed by atoms with E-state index in [-0.39, 0.29) is 11.8 Å². The van der Waals surface area contributed by atoms with Crippen LogP contribution in [0.1, 0.15) is 17.4 Å². The van der Waals surface area contributed by atoms with Crippen molar-refractivity contribution < 1.29 is 9.32 Å². The Labute approximate surface area is 167 Å². The molecule has 0 atom stereocenters. The normalized spacial score (nSPS) is 16.8. The van der Waals surface area contributed by atoms with E-state index in [1.807, 2.05) is 47.4 Å². The van der Waals surface area contributed by atoms with Gasteiger partial charge in [-0.25, -0.2) is 0 Å². The van der Waals surface area contributed by atoms with Crippen LogP contribution in [0.2, 0.25) is 5.02 Å². The number of hydrogen-bond acceptors (Lipinski definition) is 5. The number of fused-ring (bicyclic) bond motifs is 1. The summed E-state index contributed by atoms with van der Waals surface area (Å²) in [7, 11) is 0. The molecule has 2 aromatic carbocycles. The van der Waals surface area contributed by atoms with Crippen molar-refractivity contribution in [1.82, 2.24) is 15.0 Å². The van der Waals surface area contributed by atoms with E-state index >= 15 is 0 Å². The molecule has 0 unspecified atom stereocenters. The average molecular weight is 395 g/mol. The van der Waals surface area contributed by atoms with Crippen molar-refractivity contribution in [2.45, 2.75) is 12.3 Å². The SMILES string of the molecule is O=C(CN1CC(c2nc(-c3cccc(Cl)c3)no2)C1)N1CCc2ccccc21. The number of anilines is 1. The molecule has 0 radical (unpaired) electrons. The predicted molar refractivity (Wildman–Crippen MR) is 106 cm³/mol. The first-order chi connectivity index (χ1) is 13.7. The molecule has 3 aromatic rings. The zero-order chi connectivity index (χ0) is 19.1. The number of aromatic nitrogens is 2. The van der Waals surface area contributed by atoms with Crippen LogP contribution in [0.4, 0.5) is 5.69 Å². The molecule has 28 heavy (non-hydrogen) atoms. The minimum absolute atomic E-state index is 0.147. The van der Waals surface area contributed by atoms with E-state index in [9.17, 15) is 4.79 Å². The molecule has 1 saturated heterocycles. The maximum Gasteiger partial charge on any atom is 0.241 e. The summed E-state index contributed by atoms with van der Waals surface area (Å²) >= 11 is 6.03. The quantitative estimate of drug-likeness (QED) is 0.678. The Hall–Kier alpha value is -2.70. The molecular formula is C21H19ClN4O2. The van der Waals surface area contributed by atoms with Crippen molar-refractivity contribution >= 4 is 23.2 Å². The number of nitrogens with zero attached hydrogens (tertiary/aromatic N) is 4. The third kappa shape index (κ3) is 3.19. The minimum atomic E-state index is 0.147. The van der Waals surface area contributed by atoms with E-state index in [1.54, 1.807) is 0 Å². The number of rotatable bonds is 4. The fourth-order valence-electron chi connectivity index (χ4n) is 3.87. The summed E-state index contributed by atoms with van der Waals surface area (Å²) in [5.74, 6) is 1.47. The molecule has 1 aromatic heterocycles. The van der Waals surface area contributed by atoms with Gasteiger partial charge in [0.15, 0.2) is 0 Å². The van der Waals surface area contributed by atoms with E-state index in [0.29, 0.717) is 23.3 Å². The summed E-state index contributed by atoms with van der Waals surface area (Å²) in [6.07, 6.45) is 0.929. The van der Waals surface area contributed by atoms with Gasteiger partial charge in [-0.15, -0.1) is 0 Å². The van der Waals surface area contributed by atoms with Crippen molar-refractivity contribution in [3.63, 3.8) is 0 Å². The van der Waals surface area contributed by atoms with Crippen LogP contribution in [0, 0.1) is 0 Å². The van der Waals surface area contributed by atoms with E-state index in [1.165, 1.54) is 5.56 Å². The molecule has 3 heterocycles. The van der Waals surface area contributed by atoms with Crippen LogP contribution < -0.4 is 4.90 Å². The van der Waals surface area contributed by atoms with Crippen molar-refractivity contribution in [2.75, 3.05) is 31.1 Å². The third-order valence-electron chi connectivity index (χ3n) is 5.38. The van der Waals surface area contributed by atoms with Crippen LogP contribution in [-0.4, -0.2) is 47.1 Å². The van der Waals surface area contributed by atoms with Gasteiger partial charge in [0.1, 0.15) is 0 Å². The number of halogens is 1. The third-order valence-corrected chi connectivity index (χ3v) is 5.61. The van der Waals surface area contributed by atoms with Crippen molar-refractivity contribution in [2.24, 2.45) is 0 Å². The molecule has 0 N–H and O–H groups in total. The van der Waals surface area contributed by atoms with Gasteiger partial charge in [-0.05, 0) is 30.2 Å². The van der Waals surface area contributed by atoms with Gasteiger partial charge in [-0.1, -0.05) is 47.1 Å². The van der Waals surface area contributed by atoms with Gasteiger partial charge in [-0.3, -0.25) is 9.69 Å². The molecule has 5 rings (SSSR count). The predicted octanol–water partition coefficient (Wildman–Crippen LogP) is 3.38. The lowest BCUT2D eigenvalue weighted by Gasteiger charge is -2.37. The first-order valence-electron chi connectivity index (χ1n) is 9.37. The number of para-hydroxylation sites is 1. The van der Waals surface area contributed by atoms with Crippen LogP contribution in [0.15, 0.2) is 53.1 Å². The summed E-state index contributed by atoms with van der Waals surface area (Å²) in [5, 5.41) is 4.71. The zero-order valence-electron chi connectivity index (χ0n) is 15.2. The summed E-state index contributed by atoms with van der Waals surface area (Å²) in [6.45, 7) is 2.68. The molecule has 0 spiro atoms. The van der Waals surface area contributed by atoms with Gasteiger partial charge in [0, 0.05) is 35.9 Å². The lowest BCUT2D eigenvalue weighted by atomic mass is 10.00. The first kappa shape index (κ1) is 17.4. The van der Waals surface area contributed by atoms with Gasteiger partial charge in [0.05, 0.1) is 12.5 Å². The van der Waals surface area contributed by atoms with Crippen LogP contribution in [-0.2, 0) is 11.2 Å². The van der Waals surface area contributed by atoms with Gasteiger partial charge in [0.25, 0.3) is 0 Å². The molecule has 6 nitrogen and oxygen atoms in total. The molecule has 0 bridgehead atoms. The lowest BCUT2D eigenvalue weighted by molar-refractivity contribution is -0.120. The molecule has 1 fully saturated rings. The van der Waals surface area contributed by atoms with Gasteiger partial charge in [-0.2, -0.15) is 4.98 Å². The molecule has 0 aliphatic carbocycles. The van der Waals surface area contributed by atoms with Crippen LogP contribution in [0.3, 0.4) is 0 Å². The monoisotopic (exact) mass is 394 g/mol. The maximum atomic E-state index is 12.7. The minimum Gasteiger partial charge on any atom is -0.339 e. The molecule has 142 valence electrons. The van der Waals surface area contributed by atoms with E-state index in [0.717, 1.165) is 37.3 Å². The second-order valence-corrected chi connectivity index (χ2v) is 7.72. The number of amides is 1. The highest BCUT2D eigenvalue weighted by Crippen LogP contribution is 2.30. The Bertz CT molecular complexity index is 1030. The van der Waals surface area contributed by atoms with Crippen LogP contribution in [0.25, 0.3) is 11.4 Å². The summed E-state index contributed by atoms with van der Waals surface area (Å²) in [5.41, 5.74) is 3.13. The second kappa shape index (κ2) is 7.04. The Balaban J connectivity index is 1.19. The van der Waals surface area contributed by atoms with E-state index in [2.05, 4.69) is 21.1 Å². The molecule has 7 heteroatoms. The maximum absolute atomic E-state index is 12.7. The van der Waals surface area contributed by atoms with Gasteiger partial charge < -0.3 is 9.42 Å². The topological polar surface area (TPSA) is 62.5 Å². The molecular weight excluding hydrogens is 376 g/mol. The number of carbonyl (C=O) groups excluding carboxylic acids is 1. The Morgan fingerprint density at radius 2 is 2.04 bits per heavy atom. The molecule has 1 amide bonds. The molecule has 2 aliphatic rings. The van der Waals surface area contributed by atoms with E-state index < -0.39 is 0 Å². The Kier molecular flexibility index (Phi) is 4.37. The fraction of sp³-hybridized carbons (Fsp3) is 0.286. The zero-order valence-corrected chi connectivity index (χ0v) is 16.0. The van der Waals surface area contributed by atoms with E-state index in [4.69, 9.17) is 16.1 Å². The highest BCUT2D eigenvalue weighted by molar-refractivity contribution is 6.30. The van der Waals surface area contributed by atoms with Gasteiger partial charge in [0.2, 0.25) is 17.6 Å². The van der Waals surface area contributed by atoms with Crippen molar-refractivity contribution in [1.29, 1.82) is 0 Å². The summed E-state index contributed by atoms with van der Waals surface area (Å²) < 4.78 is 5.44. The number of benzene rings is 2.